The summed E-state index contributed by atoms with van der Waals surface area (Å²) in [6, 6.07) is 9.80. The van der Waals surface area contributed by atoms with Crippen molar-refractivity contribution >= 4 is 11.4 Å². The van der Waals surface area contributed by atoms with E-state index in [0.29, 0.717) is 28.3 Å². The molecular weight excluding hydrogens is 366 g/mol. The number of nitrogen functional groups attached to an aromatic ring is 1. The van der Waals surface area contributed by atoms with Gasteiger partial charge >= 0.3 is 0 Å². The van der Waals surface area contributed by atoms with Crippen LogP contribution in [0.4, 0.5) is 20.2 Å². The second-order valence-corrected chi connectivity index (χ2v) is 6.46. The van der Waals surface area contributed by atoms with Gasteiger partial charge < -0.3 is 19.6 Å². The van der Waals surface area contributed by atoms with Crippen LogP contribution in [0, 0.1) is 11.6 Å². The summed E-state index contributed by atoms with van der Waals surface area (Å²) >= 11 is 0. The predicted octanol–water partition coefficient (Wildman–Crippen LogP) is 3.47. The molecule has 1 aromatic heterocycles. The molecule has 0 fully saturated rings. The van der Waals surface area contributed by atoms with Gasteiger partial charge in [-0.25, -0.2) is 8.78 Å². The molecule has 0 aliphatic carbocycles. The Kier molecular flexibility index (Phi) is 5.32. The number of aryl methyl sites for hydroxylation is 1. The van der Waals surface area contributed by atoms with Gasteiger partial charge in [0.1, 0.15) is 17.3 Å². The minimum Gasteiger partial charge on any atom is -0.454 e. The van der Waals surface area contributed by atoms with E-state index in [1.807, 2.05) is 0 Å². The fourth-order valence-electron chi connectivity index (χ4n) is 2.77. The van der Waals surface area contributed by atoms with Crippen LogP contribution in [0.15, 0.2) is 53.5 Å². The number of hydrogen-bond acceptors (Lipinski definition) is 5. The normalized spacial score (nSPS) is 10.6. The lowest BCUT2D eigenvalue weighted by atomic mass is 10.0. The molecule has 0 aliphatic rings. The molecule has 0 aliphatic heterocycles. The minimum atomic E-state index is -0.818. The molecular formula is C20H20F2N4O2. The van der Waals surface area contributed by atoms with E-state index in [-0.39, 0.29) is 11.3 Å². The van der Waals surface area contributed by atoms with E-state index in [9.17, 15) is 13.6 Å². The molecule has 6 nitrogen and oxygen atoms in total. The summed E-state index contributed by atoms with van der Waals surface area (Å²) in [6.45, 7) is 0. The average Bonchev–Trinajstić information content (AvgIpc) is 2.66. The number of rotatable bonds is 5. The molecule has 0 saturated heterocycles. The SMILES string of the molecule is CN(C)c1cc(-c2cc(NN)ccc2Oc2ccc(F)cc2F)cn(C)c1=O. The number of nitrogens with two attached hydrogens (primary N) is 1. The number of nitrogens with zero attached hydrogens (tertiary/aromatic N) is 2. The van der Waals surface area contributed by atoms with Crippen LogP contribution in [0.25, 0.3) is 11.1 Å². The molecule has 0 spiro atoms. The van der Waals surface area contributed by atoms with Crippen LogP contribution in [-0.2, 0) is 7.05 Å². The molecule has 146 valence electrons. The van der Waals surface area contributed by atoms with Gasteiger partial charge in [-0.3, -0.25) is 10.6 Å². The van der Waals surface area contributed by atoms with Gasteiger partial charge in [0.15, 0.2) is 11.6 Å². The molecule has 3 aromatic rings. The summed E-state index contributed by atoms with van der Waals surface area (Å²) in [5, 5.41) is 0. The van der Waals surface area contributed by atoms with Crippen LogP contribution in [0.2, 0.25) is 0 Å². The van der Waals surface area contributed by atoms with E-state index >= 15 is 0 Å². The number of hydrogen-bond donors (Lipinski definition) is 2. The summed E-state index contributed by atoms with van der Waals surface area (Å²) in [5.41, 5.74) is 4.72. The minimum absolute atomic E-state index is 0.117. The fraction of sp³-hybridized carbons (Fsp3) is 0.150. The van der Waals surface area contributed by atoms with Gasteiger partial charge in [-0.2, -0.15) is 0 Å². The van der Waals surface area contributed by atoms with E-state index in [2.05, 4.69) is 5.43 Å². The third-order valence-corrected chi connectivity index (χ3v) is 4.22. The summed E-state index contributed by atoms with van der Waals surface area (Å²) < 4.78 is 34.4. The Morgan fingerprint density at radius 1 is 1.07 bits per heavy atom. The zero-order valence-electron chi connectivity index (χ0n) is 15.7. The summed E-state index contributed by atoms with van der Waals surface area (Å²) in [7, 11) is 5.18. The molecule has 0 amide bonds. The molecule has 0 saturated carbocycles. The van der Waals surface area contributed by atoms with Gasteiger partial charge in [-0.15, -0.1) is 0 Å². The Morgan fingerprint density at radius 3 is 2.43 bits per heavy atom. The molecule has 0 bridgehead atoms. The highest BCUT2D eigenvalue weighted by Crippen LogP contribution is 2.36. The van der Waals surface area contributed by atoms with Crippen LogP contribution in [0.5, 0.6) is 11.5 Å². The topological polar surface area (TPSA) is 72.5 Å². The number of ether oxygens (including phenoxy) is 1. The van der Waals surface area contributed by atoms with Gasteiger partial charge in [-0.05, 0) is 36.4 Å². The molecule has 0 unspecified atom stereocenters. The zero-order chi connectivity index (χ0) is 20.4. The lowest BCUT2D eigenvalue weighted by Gasteiger charge is -2.17. The number of halogens is 2. The van der Waals surface area contributed by atoms with E-state index in [1.165, 1.54) is 10.6 Å². The maximum Gasteiger partial charge on any atom is 0.273 e. The van der Waals surface area contributed by atoms with Crippen molar-refractivity contribution in [2.75, 3.05) is 24.4 Å². The van der Waals surface area contributed by atoms with E-state index < -0.39 is 11.6 Å². The van der Waals surface area contributed by atoms with E-state index in [4.69, 9.17) is 10.6 Å². The zero-order valence-corrected chi connectivity index (χ0v) is 15.7. The van der Waals surface area contributed by atoms with Crippen molar-refractivity contribution in [2.24, 2.45) is 12.9 Å². The lowest BCUT2D eigenvalue weighted by Crippen LogP contribution is -2.25. The van der Waals surface area contributed by atoms with Gasteiger partial charge in [0.05, 0.1) is 0 Å². The first-order chi connectivity index (χ1) is 13.3. The van der Waals surface area contributed by atoms with Crippen molar-refractivity contribution in [2.45, 2.75) is 0 Å². The number of hydrazine groups is 1. The van der Waals surface area contributed by atoms with Crippen LogP contribution < -0.4 is 26.5 Å². The molecule has 0 atom stereocenters. The van der Waals surface area contributed by atoms with Crippen LogP contribution in [0.3, 0.4) is 0 Å². The Bertz CT molecular complexity index is 1080. The Labute approximate surface area is 160 Å². The highest BCUT2D eigenvalue weighted by atomic mass is 19.1. The van der Waals surface area contributed by atoms with Gasteiger partial charge in [0.2, 0.25) is 0 Å². The molecule has 2 aromatic carbocycles. The third kappa shape index (κ3) is 3.81. The summed E-state index contributed by atoms with van der Waals surface area (Å²) in [6.07, 6.45) is 1.65. The van der Waals surface area contributed by atoms with Crippen LogP contribution in [-0.4, -0.2) is 18.7 Å². The molecule has 3 N–H and O–H groups in total. The van der Waals surface area contributed by atoms with Crippen molar-refractivity contribution in [1.82, 2.24) is 4.57 Å². The average molecular weight is 386 g/mol. The van der Waals surface area contributed by atoms with Crippen LogP contribution >= 0.6 is 0 Å². The number of aromatic nitrogens is 1. The van der Waals surface area contributed by atoms with Crippen molar-refractivity contribution in [3.8, 4) is 22.6 Å². The molecule has 28 heavy (non-hydrogen) atoms. The smallest absolute Gasteiger partial charge is 0.273 e. The molecule has 3 rings (SSSR count). The Hall–Kier alpha value is -3.39. The maximum atomic E-state index is 14.1. The summed E-state index contributed by atoms with van der Waals surface area (Å²) in [4.78, 5) is 14.0. The van der Waals surface area contributed by atoms with Gasteiger partial charge in [0.25, 0.3) is 5.56 Å². The highest BCUT2D eigenvalue weighted by Gasteiger charge is 2.15. The van der Waals surface area contributed by atoms with Crippen molar-refractivity contribution < 1.29 is 13.5 Å². The molecule has 1 heterocycles. The highest BCUT2D eigenvalue weighted by molar-refractivity contribution is 5.76. The van der Waals surface area contributed by atoms with Crippen molar-refractivity contribution in [1.29, 1.82) is 0 Å². The van der Waals surface area contributed by atoms with Crippen molar-refractivity contribution in [3.05, 3.63) is 70.6 Å². The second-order valence-electron chi connectivity index (χ2n) is 6.46. The molecule has 0 radical (unpaired) electrons. The standard InChI is InChI=1S/C20H20F2N4O2/c1-25(2)17-8-12(11-26(3)20(17)27)15-10-14(24-23)5-7-18(15)28-19-6-4-13(21)9-16(19)22/h4-11,24H,23H2,1-3H3. The number of anilines is 2. The first-order valence-corrected chi connectivity index (χ1v) is 8.42. The number of nitrogens with one attached hydrogen (secondary N) is 1. The van der Waals surface area contributed by atoms with Gasteiger partial charge in [-0.1, -0.05) is 0 Å². The second kappa shape index (κ2) is 7.69. The van der Waals surface area contributed by atoms with Crippen LogP contribution in [0.1, 0.15) is 0 Å². The number of benzene rings is 2. The lowest BCUT2D eigenvalue weighted by molar-refractivity contribution is 0.439. The monoisotopic (exact) mass is 386 g/mol. The Balaban J connectivity index is 2.16. The van der Waals surface area contributed by atoms with Gasteiger partial charge in [0, 0.05) is 50.2 Å². The Morgan fingerprint density at radius 2 is 1.79 bits per heavy atom. The number of pyridine rings is 1. The predicted molar refractivity (Wildman–Crippen MR) is 106 cm³/mol. The third-order valence-electron chi connectivity index (χ3n) is 4.22. The largest absolute Gasteiger partial charge is 0.454 e. The quantitative estimate of drug-likeness (QED) is 0.519. The fourth-order valence-corrected chi connectivity index (χ4v) is 2.77. The van der Waals surface area contributed by atoms with Crippen molar-refractivity contribution in [3.63, 3.8) is 0 Å². The first-order valence-electron chi connectivity index (χ1n) is 8.42. The van der Waals surface area contributed by atoms with E-state index in [0.717, 1.165) is 12.1 Å². The molecule has 8 heteroatoms. The maximum absolute atomic E-state index is 14.1. The summed E-state index contributed by atoms with van der Waals surface area (Å²) in [5.74, 6) is 4.22. The first kappa shape index (κ1) is 19.4. The van der Waals surface area contributed by atoms with E-state index in [1.54, 1.807) is 56.5 Å².